The molecule has 0 heterocycles. The van der Waals surface area contributed by atoms with Crippen molar-refractivity contribution in [1.82, 2.24) is 0 Å². The standard InChI is InChI=1S/C50H36/c1-3-13-35-30-36(25-24-33(35)2)37-26-27-39-32-40(29-28-38(39)31-37)49-45-19-8-10-21-47(45)50(48-22-11-9-20-46(48)49)44-18-7-6-17-43(44)42-23-12-15-34-14-4-5-16-41(34)42/h3-32H,1-2H3/b13-3-. The second-order valence-electron chi connectivity index (χ2n) is 13.3. The Bertz CT molecular complexity index is 2710. The molecule has 0 saturated carbocycles. The summed E-state index contributed by atoms with van der Waals surface area (Å²) in [7, 11) is 0. The lowest BCUT2D eigenvalue weighted by Crippen LogP contribution is -1.93. The van der Waals surface area contributed by atoms with Gasteiger partial charge in [-0.15, -0.1) is 0 Å². The quantitative estimate of drug-likeness (QED) is 0.165. The molecule has 0 N–H and O–H groups in total. The van der Waals surface area contributed by atoms with Gasteiger partial charge in [0.05, 0.1) is 0 Å². The van der Waals surface area contributed by atoms with Crippen LogP contribution in [0.1, 0.15) is 18.1 Å². The Balaban J connectivity index is 1.24. The van der Waals surface area contributed by atoms with Gasteiger partial charge in [-0.3, -0.25) is 0 Å². The highest BCUT2D eigenvalue weighted by atomic mass is 14.2. The summed E-state index contributed by atoms with van der Waals surface area (Å²) in [5, 5.41) is 10.1. The summed E-state index contributed by atoms with van der Waals surface area (Å²) in [6.45, 7) is 4.25. The summed E-state index contributed by atoms with van der Waals surface area (Å²) >= 11 is 0. The van der Waals surface area contributed by atoms with Crippen molar-refractivity contribution in [2.75, 3.05) is 0 Å². The van der Waals surface area contributed by atoms with Crippen LogP contribution >= 0.6 is 0 Å². The van der Waals surface area contributed by atoms with E-state index < -0.39 is 0 Å². The van der Waals surface area contributed by atoms with Crippen molar-refractivity contribution in [2.45, 2.75) is 13.8 Å². The van der Waals surface area contributed by atoms with E-state index in [0.29, 0.717) is 0 Å². The van der Waals surface area contributed by atoms with Crippen molar-refractivity contribution in [3.05, 3.63) is 187 Å². The number of hydrogen-bond acceptors (Lipinski definition) is 0. The number of allylic oxidation sites excluding steroid dienone is 1. The van der Waals surface area contributed by atoms with Crippen molar-refractivity contribution < 1.29 is 0 Å². The third-order valence-corrected chi connectivity index (χ3v) is 10.3. The SMILES string of the molecule is C/C=C\c1cc(-c2ccc3cc(-c4c5ccccc5c(-c5ccccc5-c5cccc6ccccc56)c5ccccc45)ccc3c2)ccc1C. The van der Waals surface area contributed by atoms with E-state index in [9.17, 15) is 0 Å². The number of hydrogen-bond donors (Lipinski definition) is 0. The lowest BCUT2D eigenvalue weighted by molar-refractivity contribution is 1.44. The maximum atomic E-state index is 2.37. The van der Waals surface area contributed by atoms with Gasteiger partial charge in [0.1, 0.15) is 0 Å². The molecule has 0 atom stereocenters. The first-order valence-corrected chi connectivity index (χ1v) is 17.5. The minimum absolute atomic E-state index is 1.23. The molecule has 0 aliphatic heterocycles. The van der Waals surface area contributed by atoms with E-state index in [0.717, 1.165) is 0 Å². The van der Waals surface area contributed by atoms with E-state index in [1.165, 1.54) is 98.7 Å². The Hall–Kier alpha value is -6.24. The van der Waals surface area contributed by atoms with Crippen LogP contribution in [0.3, 0.4) is 0 Å². The zero-order valence-corrected chi connectivity index (χ0v) is 28.3. The monoisotopic (exact) mass is 636 g/mol. The Morgan fingerprint density at radius 3 is 1.56 bits per heavy atom. The number of rotatable bonds is 5. The Morgan fingerprint density at radius 2 is 0.860 bits per heavy atom. The molecule has 0 heteroatoms. The van der Waals surface area contributed by atoms with Gasteiger partial charge in [-0.25, -0.2) is 0 Å². The van der Waals surface area contributed by atoms with Crippen LogP contribution in [0.5, 0.6) is 0 Å². The topological polar surface area (TPSA) is 0 Å². The average molecular weight is 637 g/mol. The van der Waals surface area contributed by atoms with E-state index in [1.807, 2.05) is 0 Å². The predicted octanol–water partition coefficient (Wildman–Crippen LogP) is 14.3. The van der Waals surface area contributed by atoms with E-state index in [2.05, 4.69) is 196 Å². The number of aryl methyl sites for hydroxylation is 1. The molecule has 9 aromatic rings. The van der Waals surface area contributed by atoms with Gasteiger partial charge >= 0.3 is 0 Å². The Kier molecular flexibility index (Phi) is 7.37. The fraction of sp³-hybridized carbons (Fsp3) is 0.0400. The molecule has 9 rings (SSSR count). The maximum Gasteiger partial charge on any atom is -0.00201 e. The molecule has 236 valence electrons. The summed E-state index contributed by atoms with van der Waals surface area (Å²) in [5.74, 6) is 0. The van der Waals surface area contributed by atoms with Gasteiger partial charge in [0.25, 0.3) is 0 Å². The van der Waals surface area contributed by atoms with Crippen molar-refractivity contribution in [3.8, 4) is 44.5 Å². The minimum Gasteiger partial charge on any atom is -0.0871 e. The van der Waals surface area contributed by atoms with Crippen molar-refractivity contribution in [2.24, 2.45) is 0 Å². The van der Waals surface area contributed by atoms with Gasteiger partial charge in [-0.1, -0.05) is 164 Å². The summed E-state index contributed by atoms with van der Waals surface area (Å²) in [6, 6.07) is 62.8. The van der Waals surface area contributed by atoms with Gasteiger partial charge in [0.15, 0.2) is 0 Å². The Morgan fingerprint density at radius 1 is 0.360 bits per heavy atom. The number of fused-ring (bicyclic) bond motifs is 4. The van der Waals surface area contributed by atoms with Crippen LogP contribution in [-0.4, -0.2) is 0 Å². The largest absolute Gasteiger partial charge is 0.0871 e. The van der Waals surface area contributed by atoms with E-state index in [-0.39, 0.29) is 0 Å². The molecule has 0 fully saturated rings. The first kappa shape index (κ1) is 29.9. The third kappa shape index (κ3) is 5.00. The molecule has 0 aliphatic carbocycles. The summed E-state index contributed by atoms with van der Waals surface area (Å²) in [4.78, 5) is 0. The van der Waals surface area contributed by atoms with Gasteiger partial charge in [0, 0.05) is 0 Å². The van der Waals surface area contributed by atoms with Crippen molar-refractivity contribution >= 4 is 49.2 Å². The molecule has 0 amide bonds. The molecular weight excluding hydrogens is 601 g/mol. The first-order chi connectivity index (χ1) is 24.7. The van der Waals surface area contributed by atoms with E-state index >= 15 is 0 Å². The first-order valence-electron chi connectivity index (χ1n) is 17.5. The van der Waals surface area contributed by atoms with Crippen LogP contribution in [0.2, 0.25) is 0 Å². The minimum atomic E-state index is 1.23. The zero-order chi connectivity index (χ0) is 33.6. The van der Waals surface area contributed by atoms with Crippen molar-refractivity contribution in [3.63, 3.8) is 0 Å². The lowest BCUT2D eigenvalue weighted by Gasteiger charge is -2.20. The molecule has 9 aromatic carbocycles. The highest BCUT2D eigenvalue weighted by molar-refractivity contribution is 6.23. The van der Waals surface area contributed by atoms with Gasteiger partial charge < -0.3 is 0 Å². The molecule has 0 nitrogen and oxygen atoms in total. The van der Waals surface area contributed by atoms with E-state index in [4.69, 9.17) is 0 Å². The lowest BCUT2D eigenvalue weighted by atomic mass is 9.83. The van der Waals surface area contributed by atoms with Crippen molar-refractivity contribution in [1.29, 1.82) is 0 Å². The molecule has 50 heavy (non-hydrogen) atoms. The highest BCUT2D eigenvalue weighted by Gasteiger charge is 2.19. The van der Waals surface area contributed by atoms with E-state index in [1.54, 1.807) is 0 Å². The molecule has 0 spiro atoms. The summed E-state index contributed by atoms with van der Waals surface area (Å²) in [5.41, 5.74) is 12.6. The fourth-order valence-corrected chi connectivity index (χ4v) is 7.89. The van der Waals surface area contributed by atoms with Gasteiger partial charge in [0.2, 0.25) is 0 Å². The molecule has 0 aromatic heterocycles. The fourth-order valence-electron chi connectivity index (χ4n) is 7.89. The van der Waals surface area contributed by atoms with Crippen LogP contribution < -0.4 is 0 Å². The molecule has 0 radical (unpaired) electrons. The van der Waals surface area contributed by atoms with Crippen LogP contribution in [0.15, 0.2) is 176 Å². The number of benzene rings is 9. The van der Waals surface area contributed by atoms with Crippen LogP contribution in [0, 0.1) is 6.92 Å². The van der Waals surface area contributed by atoms with Gasteiger partial charge in [-0.05, 0) is 131 Å². The summed E-state index contributed by atoms with van der Waals surface area (Å²) in [6.07, 6.45) is 4.30. The second kappa shape index (κ2) is 12.3. The summed E-state index contributed by atoms with van der Waals surface area (Å²) < 4.78 is 0. The molecular formula is C50H36. The molecule has 0 bridgehead atoms. The predicted molar refractivity (Wildman–Crippen MR) is 218 cm³/mol. The third-order valence-electron chi connectivity index (χ3n) is 10.3. The van der Waals surface area contributed by atoms with Crippen LogP contribution in [-0.2, 0) is 0 Å². The molecule has 0 unspecified atom stereocenters. The molecule has 0 aliphatic rings. The second-order valence-corrected chi connectivity index (χ2v) is 13.3. The Labute approximate surface area is 293 Å². The highest BCUT2D eigenvalue weighted by Crippen LogP contribution is 2.47. The normalized spacial score (nSPS) is 11.7. The average Bonchev–Trinajstić information content (AvgIpc) is 3.17. The van der Waals surface area contributed by atoms with Crippen LogP contribution in [0.4, 0.5) is 0 Å². The smallest absolute Gasteiger partial charge is 0.00201 e. The van der Waals surface area contributed by atoms with Gasteiger partial charge in [-0.2, -0.15) is 0 Å². The molecule has 0 saturated heterocycles. The maximum absolute atomic E-state index is 2.37. The zero-order valence-electron chi connectivity index (χ0n) is 28.3. The van der Waals surface area contributed by atoms with Crippen LogP contribution in [0.25, 0.3) is 93.7 Å².